The first-order valence-corrected chi connectivity index (χ1v) is 36.0. The predicted molar refractivity (Wildman–Crippen MR) is 362 cm³/mol. The van der Waals surface area contributed by atoms with E-state index in [0.717, 1.165) is 123 Å². The van der Waals surface area contributed by atoms with Crippen LogP contribution >= 0.6 is 0 Å². The Morgan fingerprint density at radius 1 is 0.925 bits per heavy atom. The molecule has 0 amide bonds. The minimum Gasteiger partial charge on any atom is -0.508 e. The predicted octanol–water partition coefficient (Wildman–Crippen LogP) is 10.1. The van der Waals surface area contributed by atoms with Crippen LogP contribution in [0.3, 0.4) is 0 Å². The summed E-state index contributed by atoms with van der Waals surface area (Å²) in [7, 11) is 3.80. The number of aliphatic hydroxyl groups excluding tert-OH is 1. The molecule has 11 bridgehead atoms. The molecule has 496 valence electrons. The van der Waals surface area contributed by atoms with Crippen molar-refractivity contribution in [3.05, 3.63) is 147 Å². The van der Waals surface area contributed by atoms with Gasteiger partial charge in [-0.1, -0.05) is 111 Å². The lowest BCUT2D eigenvalue weighted by Gasteiger charge is -2.60. The van der Waals surface area contributed by atoms with Gasteiger partial charge in [0.1, 0.15) is 17.7 Å². The number of phenols is 1. The van der Waals surface area contributed by atoms with Crippen LogP contribution in [0.4, 0.5) is 0 Å². The van der Waals surface area contributed by atoms with E-state index in [1.165, 1.54) is 48.8 Å². The van der Waals surface area contributed by atoms with Gasteiger partial charge in [0.2, 0.25) is 5.78 Å². The molecule has 11 N–H and O–H groups in total. The van der Waals surface area contributed by atoms with Crippen LogP contribution in [0.5, 0.6) is 5.75 Å². The molecular weight excluding hydrogens is 1160 g/mol. The molecule has 15 rings (SSSR count). The Morgan fingerprint density at radius 2 is 1.77 bits per heavy atom. The molecule has 6 aliphatic carbocycles. The van der Waals surface area contributed by atoms with Crippen molar-refractivity contribution in [3.63, 3.8) is 0 Å². The van der Waals surface area contributed by atoms with Crippen molar-refractivity contribution in [1.29, 1.82) is 0 Å². The van der Waals surface area contributed by atoms with Crippen molar-refractivity contribution < 1.29 is 34.1 Å². The smallest absolute Gasteiger partial charge is 0.350 e. The summed E-state index contributed by atoms with van der Waals surface area (Å²) < 4.78 is 14.7. The average molecular weight is 1260 g/mol. The number of phenolic OH excluding ortho intramolecular Hbond substituents is 1. The number of carbonyl (C=O) groups is 3. The summed E-state index contributed by atoms with van der Waals surface area (Å²) in [4.78, 5) is 54.6. The van der Waals surface area contributed by atoms with E-state index in [1.54, 1.807) is 12.1 Å². The molecule has 16 atom stereocenters. The van der Waals surface area contributed by atoms with Gasteiger partial charge < -0.3 is 62.6 Å². The van der Waals surface area contributed by atoms with Crippen LogP contribution < -0.4 is 43.0 Å². The van der Waals surface area contributed by atoms with Gasteiger partial charge in [0.25, 0.3) is 5.60 Å². The third kappa shape index (κ3) is 11.1. The minimum absolute atomic E-state index is 0.00666. The number of guanidine groups is 1. The first-order chi connectivity index (χ1) is 45.0. The van der Waals surface area contributed by atoms with E-state index < -0.39 is 57.8 Å². The lowest BCUT2D eigenvalue weighted by Crippen LogP contribution is -2.67. The van der Waals surface area contributed by atoms with Gasteiger partial charge in [-0.2, -0.15) is 0 Å². The van der Waals surface area contributed by atoms with Crippen LogP contribution in [0.1, 0.15) is 193 Å². The molecule has 2 aromatic rings. The zero-order valence-corrected chi connectivity index (χ0v) is 55.4. The van der Waals surface area contributed by atoms with Gasteiger partial charge in [0, 0.05) is 67.2 Å². The van der Waals surface area contributed by atoms with Crippen molar-refractivity contribution in [1.82, 2.24) is 37.2 Å². The number of allylic oxidation sites excluding steroid dienone is 5. The van der Waals surface area contributed by atoms with E-state index in [4.69, 9.17) is 20.2 Å². The number of benzene rings is 2. The van der Waals surface area contributed by atoms with Crippen molar-refractivity contribution in [2.24, 2.45) is 57.6 Å². The normalized spacial score (nSPS) is 39.4. The fourth-order valence-electron chi connectivity index (χ4n) is 20.9. The quantitative estimate of drug-likeness (QED) is 0.0461. The summed E-state index contributed by atoms with van der Waals surface area (Å²) in [5.74, 6) is 0.611. The molecule has 5 fully saturated rings. The molecule has 93 heavy (non-hydrogen) atoms. The Morgan fingerprint density at radius 3 is 2.61 bits per heavy atom. The molecule has 2 saturated heterocycles. The molecule has 7 heterocycles. The highest BCUT2D eigenvalue weighted by molar-refractivity contribution is 6.33. The van der Waals surface area contributed by atoms with Crippen LogP contribution in [-0.4, -0.2) is 114 Å². The summed E-state index contributed by atoms with van der Waals surface area (Å²) in [6.07, 6.45) is 33.7. The molecule has 0 radical (unpaired) electrons. The average Bonchev–Trinajstić information content (AvgIpc) is 1.49. The van der Waals surface area contributed by atoms with Crippen molar-refractivity contribution in [3.8, 4) is 5.75 Å². The standard InChI is InChI=1S/C77H101N9O7/c1-45(38-74(28-13-30-82-72(80-4)86-74)62-26-31-81-70-55(62)23-24-64(79-3)85-70)25-29-76-67(89)56-22-12-20-51-40-73(2)27-9-8-16-48-17-10-19-50-41-75(84-44-46-14-6-5-7-15-46)42-61-52(35-58(49-18-11-21-53(87)33-49)60-32-47(39-73)43-83-69(60)78)34-54(88)36-59(61)66(63(75)37-57(48)50)92-71(91)77(76,93-76)68(90)65(51)56/h10-12,18-22,25-26,32-33,41,43,46,48,52,54,57-59,61,63-64,66,69,79,81,83-85,87-88H,5-9,13-17,23-24,27-31,34-40,42,44,78H2,1-4H3,(H2,80,82,86). The minimum atomic E-state index is -2.26. The lowest BCUT2D eigenvalue weighted by molar-refractivity contribution is -0.180. The third-order valence-corrected chi connectivity index (χ3v) is 25.4. The number of hydrogen-bond donors (Lipinski definition) is 10. The maximum absolute atomic E-state index is 16.9. The SMILES string of the molecule is CN=C1NCCCC(CC(C)=CCC23OC24C(=O)OC2C5CC(O)CC6CC(c7cccc(O)c7)C7=CC(=CNC7N)CC(C)(CCCCC7CC=CC8=CC(NCC9CCCCC9)(CC65)C2CC87)Cc2cccc(c2C4=O)C3=O)(C2=CCNC3=C2CCC(NC)N3)N1. The highest BCUT2D eigenvalue weighted by Gasteiger charge is 2.86. The number of ketones is 2. The summed E-state index contributed by atoms with van der Waals surface area (Å²) in [5, 5.41) is 50.2. The van der Waals surface area contributed by atoms with Crippen LogP contribution in [0.2, 0.25) is 0 Å². The largest absolute Gasteiger partial charge is 0.508 e. The second-order valence-corrected chi connectivity index (χ2v) is 31.2. The number of epoxide rings is 1. The first kappa shape index (κ1) is 62.8. The number of nitrogens with one attached hydrogen (secondary N) is 7. The summed E-state index contributed by atoms with van der Waals surface area (Å²) in [6.45, 7) is 6.70. The van der Waals surface area contributed by atoms with E-state index >= 15 is 14.4 Å². The van der Waals surface area contributed by atoms with Gasteiger partial charge >= 0.3 is 5.97 Å². The van der Waals surface area contributed by atoms with Gasteiger partial charge in [0.15, 0.2) is 17.3 Å². The number of dihydropyridines is 2. The number of Topliss-reactive ketones (excluding diaryl/α,β-unsaturated/α-hetero) is 2. The molecule has 2 aromatic carbocycles. The van der Waals surface area contributed by atoms with E-state index in [-0.39, 0.29) is 65.2 Å². The monoisotopic (exact) mass is 1260 g/mol. The number of esters is 1. The zero-order chi connectivity index (χ0) is 64.0. The number of carbonyl (C=O) groups excluding carboxylic acids is 3. The van der Waals surface area contributed by atoms with Crippen molar-refractivity contribution in [2.75, 3.05) is 33.7 Å². The number of ether oxygens (including phenoxy) is 2. The Kier molecular flexibility index (Phi) is 16.7. The van der Waals surface area contributed by atoms with Crippen LogP contribution in [-0.2, 0) is 20.7 Å². The second kappa shape index (κ2) is 24.7. The van der Waals surface area contributed by atoms with Crippen LogP contribution in [0.15, 0.2) is 129 Å². The maximum Gasteiger partial charge on any atom is 0.350 e. The Labute approximate surface area is 550 Å². The third-order valence-electron chi connectivity index (χ3n) is 25.4. The Bertz CT molecular complexity index is 3580. The zero-order valence-electron chi connectivity index (χ0n) is 55.4. The maximum atomic E-state index is 16.9. The lowest BCUT2D eigenvalue weighted by atomic mass is 9.50. The van der Waals surface area contributed by atoms with E-state index in [1.807, 2.05) is 38.4 Å². The molecule has 16 heteroatoms. The van der Waals surface area contributed by atoms with Crippen LogP contribution in [0.25, 0.3) is 0 Å². The van der Waals surface area contributed by atoms with Gasteiger partial charge in [-0.05, 0) is 216 Å². The topological polar surface area (TPSA) is 236 Å². The number of nitrogens with two attached hydrogens (primary N) is 1. The molecule has 3 saturated carbocycles. The molecule has 16 unspecified atom stereocenters. The first-order valence-electron chi connectivity index (χ1n) is 36.0. The summed E-state index contributed by atoms with van der Waals surface area (Å²) >= 11 is 0. The molecule has 0 aromatic heterocycles. The fourth-order valence-corrected chi connectivity index (χ4v) is 20.9. The number of fused-ring (bicyclic) bond motifs is 3. The highest BCUT2D eigenvalue weighted by Crippen LogP contribution is 2.63. The van der Waals surface area contributed by atoms with Gasteiger partial charge in [-0.25, -0.2) is 4.79 Å². The molecule has 7 aliphatic heterocycles. The van der Waals surface area contributed by atoms with Crippen molar-refractivity contribution >= 4 is 23.5 Å². The van der Waals surface area contributed by atoms with E-state index in [9.17, 15) is 10.2 Å². The van der Waals surface area contributed by atoms with E-state index in [0.29, 0.717) is 62.5 Å². The number of aliphatic imine (C=N–C) groups is 1. The van der Waals surface area contributed by atoms with Gasteiger partial charge in [-0.3, -0.25) is 14.6 Å². The highest BCUT2D eigenvalue weighted by atomic mass is 16.7. The van der Waals surface area contributed by atoms with Gasteiger partial charge in [-0.15, -0.1) is 0 Å². The molecule has 16 nitrogen and oxygen atoms in total. The van der Waals surface area contributed by atoms with Gasteiger partial charge in [0.05, 0.1) is 24.0 Å². The Hall–Kier alpha value is -6.30. The fraction of sp³-hybridized carbons (Fsp3) is 0.610. The number of hydrogen-bond acceptors (Lipinski definition) is 14. The van der Waals surface area contributed by atoms with E-state index in [2.05, 4.69) is 99.8 Å². The summed E-state index contributed by atoms with van der Waals surface area (Å²) in [6, 6.07) is 13.4. The molecule has 1 spiro atoms. The number of rotatable bonds is 10. The summed E-state index contributed by atoms with van der Waals surface area (Å²) in [5.41, 5.74) is 10.8. The number of aliphatic hydroxyl groups is 1. The number of nitrogens with zero attached hydrogens (tertiary/aromatic N) is 1. The number of aromatic hydroxyl groups is 1. The second-order valence-electron chi connectivity index (χ2n) is 31.2. The molecular formula is C77H101N9O7. The Balaban J connectivity index is 0.895. The van der Waals surface area contributed by atoms with Crippen molar-refractivity contribution in [2.45, 2.75) is 214 Å². The molecule has 13 aliphatic rings. The van der Waals surface area contributed by atoms with Crippen LogP contribution in [0, 0.1) is 46.8 Å².